The van der Waals surface area contributed by atoms with Crippen molar-refractivity contribution in [3.63, 3.8) is 0 Å². The molecule has 1 aromatic heterocycles. The predicted molar refractivity (Wildman–Crippen MR) is 57.3 cm³/mol. The molecule has 1 aromatic rings. The molecule has 82 valence electrons. The summed E-state index contributed by atoms with van der Waals surface area (Å²) in [7, 11) is 0. The molecule has 2 heterocycles. The Kier molecular flexibility index (Phi) is 3.09. The summed E-state index contributed by atoms with van der Waals surface area (Å²) >= 11 is 0. The molecule has 0 aromatic carbocycles. The van der Waals surface area contributed by atoms with Crippen LogP contribution in [0.1, 0.15) is 44.4 Å². The highest BCUT2D eigenvalue weighted by molar-refractivity contribution is 5.73. The minimum Gasteiger partial charge on any atom is -0.467 e. The van der Waals surface area contributed by atoms with Gasteiger partial charge in [0.25, 0.3) is 0 Å². The molecule has 0 aliphatic carbocycles. The minimum atomic E-state index is 0.151. The Bertz CT molecular complexity index is 318. The molecule has 1 atom stereocenters. The van der Waals surface area contributed by atoms with Crippen molar-refractivity contribution in [3.8, 4) is 0 Å². The van der Waals surface area contributed by atoms with E-state index < -0.39 is 0 Å². The van der Waals surface area contributed by atoms with Gasteiger partial charge in [-0.05, 0) is 25.0 Å². The van der Waals surface area contributed by atoms with E-state index in [0.717, 1.165) is 25.1 Å². The van der Waals surface area contributed by atoms with E-state index in [2.05, 4.69) is 0 Å². The van der Waals surface area contributed by atoms with Crippen molar-refractivity contribution in [2.24, 2.45) is 0 Å². The Balaban J connectivity index is 2.20. The van der Waals surface area contributed by atoms with Crippen LogP contribution in [0.3, 0.4) is 0 Å². The van der Waals surface area contributed by atoms with Crippen LogP contribution in [0.25, 0.3) is 0 Å². The zero-order valence-electron chi connectivity index (χ0n) is 9.11. The number of likely N-dealkylation sites (tertiary alicyclic amines) is 1. The molecule has 0 unspecified atom stereocenters. The Morgan fingerprint density at radius 2 is 2.33 bits per heavy atom. The summed E-state index contributed by atoms with van der Waals surface area (Å²) in [6.45, 7) is 2.50. The highest BCUT2D eigenvalue weighted by Gasteiger charge is 2.26. The highest BCUT2D eigenvalue weighted by Crippen LogP contribution is 2.30. The molecule has 0 saturated carbocycles. The fourth-order valence-electron chi connectivity index (χ4n) is 2.26. The summed E-state index contributed by atoms with van der Waals surface area (Å²) in [5.41, 5.74) is 0. The lowest BCUT2D eigenvalue weighted by Crippen LogP contribution is -2.32. The van der Waals surface area contributed by atoms with Gasteiger partial charge in [0, 0.05) is 13.5 Å². The van der Waals surface area contributed by atoms with E-state index in [1.54, 1.807) is 13.2 Å². The van der Waals surface area contributed by atoms with Gasteiger partial charge in [-0.2, -0.15) is 0 Å². The molecule has 1 saturated heterocycles. The van der Waals surface area contributed by atoms with Gasteiger partial charge in [0.15, 0.2) is 0 Å². The molecule has 15 heavy (non-hydrogen) atoms. The zero-order valence-corrected chi connectivity index (χ0v) is 9.11. The Labute approximate surface area is 90.1 Å². The van der Waals surface area contributed by atoms with Crippen molar-refractivity contribution in [2.45, 2.75) is 38.6 Å². The maximum Gasteiger partial charge on any atom is 0.220 e. The summed E-state index contributed by atoms with van der Waals surface area (Å²) in [5, 5.41) is 0. The van der Waals surface area contributed by atoms with Crippen molar-refractivity contribution < 1.29 is 9.21 Å². The lowest BCUT2D eigenvalue weighted by molar-refractivity contribution is -0.131. The van der Waals surface area contributed by atoms with Gasteiger partial charge in [-0.3, -0.25) is 4.79 Å². The van der Waals surface area contributed by atoms with Crippen LogP contribution in [0.5, 0.6) is 0 Å². The second-order valence-electron chi connectivity index (χ2n) is 4.09. The third kappa shape index (κ3) is 2.22. The average Bonchev–Trinajstić information content (AvgIpc) is 2.61. The predicted octanol–water partition coefficient (Wildman–Crippen LogP) is 2.74. The van der Waals surface area contributed by atoms with E-state index in [4.69, 9.17) is 4.42 Å². The van der Waals surface area contributed by atoms with Crippen LogP contribution in [0.2, 0.25) is 0 Å². The van der Waals surface area contributed by atoms with Gasteiger partial charge in [-0.25, -0.2) is 0 Å². The normalized spacial score (nSPS) is 22.5. The number of amides is 1. The fourth-order valence-corrected chi connectivity index (χ4v) is 2.26. The zero-order chi connectivity index (χ0) is 10.7. The molecule has 1 fully saturated rings. The van der Waals surface area contributed by atoms with Crippen molar-refractivity contribution in [1.29, 1.82) is 0 Å². The molecule has 3 nitrogen and oxygen atoms in total. The lowest BCUT2D eigenvalue weighted by Gasteiger charge is -2.27. The Hall–Kier alpha value is -1.25. The average molecular weight is 207 g/mol. The minimum absolute atomic E-state index is 0.151. The standard InChI is InChI=1S/C12H17NO2/c1-10(14)13-8-4-2-3-6-11(13)12-7-5-9-15-12/h5,7,9,11H,2-4,6,8H2,1H3/t11-/m0/s1. The Morgan fingerprint density at radius 1 is 1.47 bits per heavy atom. The molecule has 0 bridgehead atoms. The summed E-state index contributed by atoms with van der Waals surface area (Å²) in [6.07, 6.45) is 6.19. The number of furan rings is 1. The molecule has 0 N–H and O–H groups in total. The fraction of sp³-hybridized carbons (Fsp3) is 0.583. The quantitative estimate of drug-likeness (QED) is 0.709. The maximum absolute atomic E-state index is 11.5. The maximum atomic E-state index is 11.5. The van der Waals surface area contributed by atoms with Crippen LogP contribution in [0, 0.1) is 0 Å². The van der Waals surface area contributed by atoms with Crippen LogP contribution < -0.4 is 0 Å². The third-order valence-electron chi connectivity index (χ3n) is 3.03. The van der Waals surface area contributed by atoms with E-state index in [1.165, 1.54) is 12.8 Å². The summed E-state index contributed by atoms with van der Waals surface area (Å²) in [4.78, 5) is 13.5. The number of rotatable bonds is 1. The van der Waals surface area contributed by atoms with Gasteiger partial charge in [0.1, 0.15) is 5.76 Å². The number of carbonyl (C=O) groups is 1. The van der Waals surface area contributed by atoms with Crippen LogP contribution >= 0.6 is 0 Å². The highest BCUT2D eigenvalue weighted by atomic mass is 16.3. The third-order valence-corrected chi connectivity index (χ3v) is 3.03. The molecule has 1 aliphatic rings. The van der Waals surface area contributed by atoms with Gasteiger partial charge in [-0.1, -0.05) is 12.8 Å². The Morgan fingerprint density at radius 3 is 3.00 bits per heavy atom. The molecular weight excluding hydrogens is 190 g/mol. The molecule has 2 rings (SSSR count). The monoisotopic (exact) mass is 207 g/mol. The van der Waals surface area contributed by atoms with Gasteiger partial charge >= 0.3 is 0 Å². The van der Waals surface area contributed by atoms with Gasteiger partial charge in [0.2, 0.25) is 5.91 Å². The van der Waals surface area contributed by atoms with E-state index in [9.17, 15) is 4.79 Å². The van der Waals surface area contributed by atoms with Crippen LogP contribution in [-0.4, -0.2) is 17.4 Å². The topological polar surface area (TPSA) is 33.5 Å². The second-order valence-corrected chi connectivity index (χ2v) is 4.09. The summed E-state index contributed by atoms with van der Waals surface area (Å²) in [6, 6.07) is 4.00. The molecule has 3 heteroatoms. The van der Waals surface area contributed by atoms with Gasteiger partial charge < -0.3 is 9.32 Å². The van der Waals surface area contributed by atoms with Crippen LogP contribution in [-0.2, 0) is 4.79 Å². The van der Waals surface area contributed by atoms with Crippen LogP contribution in [0.4, 0.5) is 0 Å². The van der Waals surface area contributed by atoms with E-state index in [-0.39, 0.29) is 11.9 Å². The molecule has 0 radical (unpaired) electrons. The summed E-state index contributed by atoms with van der Waals surface area (Å²) in [5.74, 6) is 1.07. The smallest absolute Gasteiger partial charge is 0.220 e. The first kappa shape index (κ1) is 10.3. The number of hydrogen-bond acceptors (Lipinski definition) is 2. The first-order valence-corrected chi connectivity index (χ1v) is 5.59. The van der Waals surface area contributed by atoms with E-state index in [0.29, 0.717) is 0 Å². The molecule has 0 spiro atoms. The van der Waals surface area contributed by atoms with Crippen molar-refractivity contribution in [1.82, 2.24) is 4.90 Å². The first-order valence-electron chi connectivity index (χ1n) is 5.59. The van der Waals surface area contributed by atoms with E-state index >= 15 is 0 Å². The van der Waals surface area contributed by atoms with Crippen molar-refractivity contribution in [2.75, 3.05) is 6.54 Å². The van der Waals surface area contributed by atoms with E-state index in [1.807, 2.05) is 17.0 Å². The lowest BCUT2D eigenvalue weighted by atomic mass is 10.1. The first-order chi connectivity index (χ1) is 7.29. The second kappa shape index (κ2) is 4.51. The van der Waals surface area contributed by atoms with Gasteiger partial charge in [0.05, 0.1) is 12.3 Å². The SMILES string of the molecule is CC(=O)N1CCCCC[C@H]1c1ccco1. The van der Waals surface area contributed by atoms with Crippen LogP contribution in [0.15, 0.2) is 22.8 Å². The van der Waals surface area contributed by atoms with Crippen molar-refractivity contribution >= 4 is 5.91 Å². The van der Waals surface area contributed by atoms with Crippen molar-refractivity contribution in [3.05, 3.63) is 24.2 Å². The molecule has 1 aliphatic heterocycles. The number of carbonyl (C=O) groups excluding carboxylic acids is 1. The van der Waals surface area contributed by atoms with Gasteiger partial charge in [-0.15, -0.1) is 0 Å². The summed E-state index contributed by atoms with van der Waals surface area (Å²) < 4.78 is 5.42. The largest absolute Gasteiger partial charge is 0.467 e. The number of nitrogens with zero attached hydrogens (tertiary/aromatic N) is 1. The molecule has 1 amide bonds. The number of hydrogen-bond donors (Lipinski definition) is 0. The molecular formula is C12H17NO2.